The van der Waals surface area contributed by atoms with E-state index in [0.717, 1.165) is 19.5 Å². The van der Waals surface area contributed by atoms with Gasteiger partial charge in [-0.15, -0.1) is 5.10 Å². The lowest BCUT2D eigenvalue weighted by molar-refractivity contribution is 0.502. The van der Waals surface area contributed by atoms with Crippen LogP contribution in [-0.2, 0) is 16.4 Å². The molecule has 1 atom stereocenters. The molecule has 0 radical (unpaired) electrons. The van der Waals surface area contributed by atoms with Gasteiger partial charge in [0, 0.05) is 25.0 Å². The lowest BCUT2D eigenvalue weighted by atomic mass is 10.3. The van der Waals surface area contributed by atoms with Crippen molar-refractivity contribution < 1.29 is 8.42 Å². The molecule has 7 heteroatoms. The predicted octanol–water partition coefficient (Wildman–Crippen LogP) is -0.309. The molecule has 16 heavy (non-hydrogen) atoms. The summed E-state index contributed by atoms with van der Waals surface area (Å²) in [6.45, 7) is 3.44. The van der Waals surface area contributed by atoms with E-state index in [1.165, 1.54) is 6.26 Å². The molecule has 0 saturated carbocycles. The van der Waals surface area contributed by atoms with Crippen molar-refractivity contribution in [3.63, 3.8) is 0 Å². The van der Waals surface area contributed by atoms with Gasteiger partial charge in [-0.25, -0.2) is 8.42 Å². The van der Waals surface area contributed by atoms with E-state index in [-0.39, 0.29) is 11.8 Å². The second kappa shape index (κ2) is 5.95. The second-order valence-corrected chi connectivity index (χ2v) is 6.15. The summed E-state index contributed by atoms with van der Waals surface area (Å²) in [5, 5.41) is 10.7. The van der Waals surface area contributed by atoms with E-state index in [1.807, 2.05) is 6.92 Å². The molecular formula is C9H18N4O2S. The number of sulfone groups is 1. The fraction of sp³-hybridized carbons (Fsp3) is 0.778. The molecule has 1 rings (SSSR count). The number of aryl methyl sites for hydroxylation is 1. The molecule has 0 spiro atoms. The van der Waals surface area contributed by atoms with E-state index in [4.69, 9.17) is 0 Å². The minimum Gasteiger partial charge on any atom is -0.313 e. The first kappa shape index (κ1) is 13.1. The zero-order chi connectivity index (χ0) is 12.0. The number of hydrogen-bond donors (Lipinski definition) is 1. The SMILES string of the molecule is CC(CS(C)(=O)=O)NCCCn1ccnn1. The number of nitrogens with one attached hydrogen (secondary N) is 1. The van der Waals surface area contributed by atoms with Crippen molar-refractivity contribution in [2.24, 2.45) is 0 Å². The number of nitrogens with zero attached hydrogens (tertiary/aromatic N) is 3. The van der Waals surface area contributed by atoms with Crippen LogP contribution in [0.25, 0.3) is 0 Å². The Balaban J connectivity index is 2.11. The highest BCUT2D eigenvalue weighted by atomic mass is 32.2. The molecule has 1 unspecified atom stereocenters. The maximum atomic E-state index is 11.0. The second-order valence-electron chi connectivity index (χ2n) is 3.97. The zero-order valence-electron chi connectivity index (χ0n) is 9.63. The van der Waals surface area contributed by atoms with Gasteiger partial charge in [0.1, 0.15) is 9.84 Å². The van der Waals surface area contributed by atoms with Gasteiger partial charge in [-0.2, -0.15) is 0 Å². The van der Waals surface area contributed by atoms with Gasteiger partial charge >= 0.3 is 0 Å². The molecule has 0 aliphatic rings. The van der Waals surface area contributed by atoms with Crippen LogP contribution >= 0.6 is 0 Å². The number of rotatable bonds is 7. The van der Waals surface area contributed by atoms with Gasteiger partial charge in [-0.1, -0.05) is 5.21 Å². The van der Waals surface area contributed by atoms with Gasteiger partial charge in [0.15, 0.2) is 0 Å². The Hall–Kier alpha value is -0.950. The third-order valence-corrected chi connectivity index (χ3v) is 3.19. The Kier molecular flexibility index (Phi) is 4.88. The fourth-order valence-electron chi connectivity index (χ4n) is 1.45. The Morgan fingerprint density at radius 3 is 2.81 bits per heavy atom. The first-order chi connectivity index (χ1) is 7.47. The molecule has 0 amide bonds. The Bertz CT molecular complexity index is 388. The summed E-state index contributed by atoms with van der Waals surface area (Å²) in [6.07, 6.45) is 5.59. The van der Waals surface area contributed by atoms with Gasteiger partial charge in [-0.05, 0) is 19.9 Å². The largest absolute Gasteiger partial charge is 0.313 e. The van der Waals surface area contributed by atoms with Crippen LogP contribution in [0.3, 0.4) is 0 Å². The highest BCUT2D eigenvalue weighted by Gasteiger charge is 2.08. The molecule has 0 fully saturated rings. The predicted molar refractivity (Wildman–Crippen MR) is 61.8 cm³/mol. The standard InChI is InChI=1S/C9H18N4O2S/c1-9(8-16(2,14)15)10-4-3-6-13-7-5-11-12-13/h5,7,9-10H,3-4,6,8H2,1-2H3. The number of hydrogen-bond acceptors (Lipinski definition) is 5. The maximum Gasteiger partial charge on any atom is 0.148 e. The summed E-state index contributed by atoms with van der Waals surface area (Å²) in [4.78, 5) is 0. The highest BCUT2D eigenvalue weighted by Crippen LogP contribution is 1.91. The van der Waals surface area contributed by atoms with Crippen molar-refractivity contribution in [2.75, 3.05) is 18.6 Å². The average Bonchev–Trinajstić information content (AvgIpc) is 2.62. The van der Waals surface area contributed by atoms with Crippen molar-refractivity contribution in [2.45, 2.75) is 25.9 Å². The van der Waals surface area contributed by atoms with Gasteiger partial charge in [-0.3, -0.25) is 4.68 Å². The van der Waals surface area contributed by atoms with Gasteiger partial charge in [0.25, 0.3) is 0 Å². The van der Waals surface area contributed by atoms with Crippen LogP contribution < -0.4 is 5.32 Å². The van der Waals surface area contributed by atoms with Crippen LogP contribution in [0.15, 0.2) is 12.4 Å². The van der Waals surface area contributed by atoms with E-state index < -0.39 is 9.84 Å². The Labute approximate surface area is 96.0 Å². The Morgan fingerprint density at radius 1 is 1.50 bits per heavy atom. The van der Waals surface area contributed by atoms with Gasteiger partial charge in [0.2, 0.25) is 0 Å². The van der Waals surface area contributed by atoms with E-state index in [1.54, 1.807) is 17.1 Å². The van der Waals surface area contributed by atoms with E-state index in [9.17, 15) is 8.42 Å². The summed E-state index contributed by atoms with van der Waals surface area (Å²) in [6, 6.07) is -0.00857. The van der Waals surface area contributed by atoms with Crippen LogP contribution in [0, 0.1) is 0 Å². The minimum atomic E-state index is -2.89. The van der Waals surface area contributed by atoms with Crippen molar-refractivity contribution in [3.05, 3.63) is 12.4 Å². The lowest BCUT2D eigenvalue weighted by Gasteiger charge is -2.12. The van der Waals surface area contributed by atoms with Crippen molar-refractivity contribution in [1.29, 1.82) is 0 Å². The molecule has 6 nitrogen and oxygen atoms in total. The molecule has 0 aliphatic carbocycles. The Morgan fingerprint density at radius 2 is 2.25 bits per heavy atom. The minimum absolute atomic E-state index is 0.00857. The van der Waals surface area contributed by atoms with Crippen LogP contribution in [0.2, 0.25) is 0 Å². The maximum absolute atomic E-state index is 11.0. The lowest BCUT2D eigenvalue weighted by Crippen LogP contribution is -2.33. The van der Waals surface area contributed by atoms with E-state index in [2.05, 4.69) is 15.6 Å². The zero-order valence-corrected chi connectivity index (χ0v) is 10.4. The third kappa shape index (κ3) is 5.82. The van der Waals surface area contributed by atoms with Crippen molar-refractivity contribution >= 4 is 9.84 Å². The van der Waals surface area contributed by atoms with E-state index >= 15 is 0 Å². The molecule has 1 aromatic heterocycles. The van der Waals surface area contributed by atoms with E-state index in [0.29, 0.717) is 0 Å². The molecule has 0 aliphatic heterocycles. The molecule has 1 heterocycles. The highest BCUT2D eigenvalue weighted by molar-refractivity contribution is 7.90. The molecular weight excluding hydrogens is 228 g/mol. The van der Waals surface area contributed by atoms with Gasteiger partial charge in [0.05, 0.1) is 11.9 Å². The topological polar surface area (TPSA) is 76.9 Å². The molecule has 92 valence electrons. The quantitative estimate of drug-likeness (QED) is 0.668. The monoisotopic (exact) mass is 246 g/mol. The van der Waals surface area contributed by atoms with Crippen molar-refractivity contribution in [1.82, 2.24) is 20.3 Å². The van der Waals surface area contributed by atoms with Gasteiger partial charge < -0.3 is 5.32 Å². The first-order valence-electron chi connectivity index (χ1n) is 5.22. The molecule has 1 N–H and O–H groups in total. The summed E-state index contributed by atoms with van der Waals surface area (Å²) in [5.74, 6) is 0.177. The van der Waals surface area contributed by atoms with Crippen molar-refractivity contribution in [3.8, 4) is 0 Å². The first-order valence-corrected chi connectivity index (χ1v) is 7.28. The van der Waals surface area contributed by atoms with Crippen LogP contribution in [0.1, 0.15) is 13.3 Å². The normalized spacial score (nSPS) is 13.9. The van der Waals surface area contributed by atoms with Crippen LogP contribution in [0.4, 0.5) is 0 Å². The molecule has 0 bridgehead atoms. The van der Waals surface area contributed by atoms with Crippen LogP contribution in [0.5, 0.6) is 0 Å². The molecule has 0 saturated heterocycles. The van der Waals surface area contributed by atoms with Crippen LogP contribution in [-0.4, -0.2) is 48.0 Å². The third-order valence-electron chi connectivity index (χ3n) is 2.08. The fourth-order valence-corrected chi connectivity index (χ4v) is 2.48. The molecule has 1 aromatic rings. The summed E-state index contributed by atoms with van der Waals surface area (Å²) >= 11 is 0. The average molecular weight is 246 g/mol. The summed E-state index contributed by atoms with van der Waals surface area (Å²) in [7, 11) is -2.89. The summed E-state index contributed by atoms with van der Waals surface area (Å²) < 4.78 is 23.8. The molecule has 0 aromatic carbocycles. The smallest absolute Gasteiger partial charge is 0.148 e. The summed E-state index contributed by atoms with van der Waals surface area (Å²) in [5.41, 5.74) is 0. The number of aromatic nitrogens is 3.